The van der Waals surface area contributed by atoms with Crippen LogP contribution < -0.4 is 4.74 Å². The van der Waals surface area contributed by atoms with Crippen LogP contribution in [-0.4, -0.2) is 34.4 Å². The molecule has 0 amide bonds. The zero-order valence-corrected chi connectivity index (χ0v) is 16.9. The van der Waals surface area contributed by atoms with Gasteiger partial charge in [0.15, 0.2) is 0 Å². The zero-order valence-electron chi connectivity index (χ0n) is 16.9. The summed E-state index contributed by atoms with van der Waals surface area (Å²) in [6.07, 6.45) is 3.66. The van der Waals surface area contributed by atoms with E-state index in [-0.39, 0.29) is 0 Å². The van der Waals surface area contributed by atoms with Gasteiger partial charge in [0, 0.05) is 41.7 Å². The van der Waals surface area contributed by atoms with Crippen LogP contribution in [-0.2, 0) is 24.1 Å². The number of hydrogen-bond acceptors (Lipinski definition) is 4. The van der Waals surface area contributed by atoms with Crippen LogP contribution >= 0.6 is 0 Å². The predicted octanol–water partition coefficient (Wildman–Crippen LogP) is 4.45. The van der Waals surface area contributed by atoms with Crippen molar-refractivity contribution in [3.8, 4) is 28.4 Å². The van der Waals surface area contributed by atoms with E-state index in [0.29, 0.717) is 13.2 Å². The molecule has 0 bridgehead atoms. The van der Waals surface area contributed by atoms with Crippen molar-refractivity contribution in [2.45, 2.75) is 40.2 Å². The van der Waals surface area contributed by atoms with E-state index in [4.69, 9.17) is 14.5 Å². The van der Waals surface area contributed by atoms with Crippen molar-refractivity contribution >= 4 is 0 Å². The summed E-state index contributed by atoms with van der Waals surface area (Å²) >= 11 is 0. The lowest BCUT2D eigenvalue weighted by Gasteiger charge is -2.12. The largest absolute Gasteiger partial charge is 0.494 e. The van der Waals surface area contributed by atoms with Crippen molar-refractivity contribution < 1.29 is 9.47 Å². The first-order valence-electron chi connectivity index (χ1n) is 10.1. The molecule has 0 saturated heterocycles. The van der Waals surface area contributed by atoms with Gasteiger partial charge in [-0.1, -0.05) is 19.1 Å². The molecule has 5 nitrogen and oxygen atoms in total. The topological polar surface area (TPSA) is 49.2 Å². The average Bonchev–Trinajstić information content (AvgIpc) is 2.89. The Hall–Kier alpha value is -2.66. The maximum absolute atomic E-state index is 5.90. The number of aromatic nitrogens is 3. The highest BCUT2D eigenvalue weighted by atomic mass is 16.5. The molecule has 1 aliphatic rings. The molecule has 1 aliphatic heterocycles. The first kappa shape index (κ1) is 18.7. The van der Waals surface area contributed by atoms with Crippen LogP contribution in [0.1, 0.15) is 30.8 Å². The van der Waals surface area contributed by atoms with Crippen molar-refractivity contribution in [2.75, 3.05) is 19.8 Å². The summed E-state index contributed by atoms with van der Waals surface area (Å²) in [4.78, 5) is 9.43. The second-order valence-electron chi connectivity index (χ2n) is 7.04. The van der Waals surface area contributed by atoms with Crippen LogP contribution in [0.3, 0.4) is 0 Å². The Bertz CT molecular complexity index is 978. The number of pyridine rings is 1. The van der Waals surface area contributed by atoms with Crippen molar-refractivity contribution in [3.63, 3.8) is 0 Å². The van der Waals surface area contributed by atoms with E-state index in [1.54, 1.807) is 0 Å². The molecule has 5 heteroatoms. The van der Waals surface area contributed by atoms with Crippen LogP contribution in [0, 0.1) is 6.92 Å². The number of fused-ring (bicyclic) bond motifs is 1. The molecule has 0 unspecified atom stereocenters. The molecule has 1 aromatic carbocycles. The van der Waals surface area contributed by atoms with Gasteiger partial charge < -0.3 is 14.0 Å². The van der Waals surface area contributed by atoms with E-state index >= 15 is 0 Å². The van der Waals surface area contributed by atoms with Gasteiger partial charge in [0.05, 0.1) is 25.5 Å². The first-order valence-corrected chi connectivity index (χ1v) is 10.1. The minimum atomic E-state index is 0.658. The van der Waals surface area contributed by atoms with Crippen molar-refractivity contribution in [3.05, 3.63) is 53.5 Å². The van der Waals surface area contributed by atoms with E-state index in [9.17, 15) is 0 Å². The Morgan fingerprint density at radius 2 is 2.00 bits per heavy atom. The van der Waals surface area contributed by atoms with Crippen LogP contribution in [0.4, 0.5) is 0 Å². The molecular formula is C23H27N3O2. The SMILES string of the molecule is CCOc1cc(-c2nc(-c3ccnc(C)c3)c3n2CCOCC3)ccc1CC. The second kappa shape index (κ2) is 8.15. The molecule has 0 spiro atoms. The average molecular weight is 377 g/mol. The Labute approximate surface area is 166 Å². The fourth-order valence-electron chi connectivity index (χ4n) is 3.83. The maximum atomic E-state index is 5.90. The van der Waals surface area contributed by atoms with Gasteiger partial charge in [-0.2, -0.15) is 0 Å². The van der Waals surface area contributed by atoms with Crippen molar-refractivity contribution in [2.24, 2.45) is 0 Å². The van der Waals surface area contributed by atoms with Crippen LogP contribution in [0.2, 0.25) is 0 Å². The summed E-state index contributed by atoms with van der Waals surface area (Å²) in [5.41, 5.74) is 6.68. The number of rotatable bonds is 5. The van der Waals surface area contributed by atoms with E-state index in [2.05, 4.69) is 40.7 Å². The van der Waals surface area contributed by atoms with Gasteiger partial charge in [-0.05, 0) is 44.0 Å². The van der Waals surface area contributed by atoms with E-state index in [0.717, 1.165) is 60.1 Å². The van der Waals surface area contributed by atoms with E-state index in [1.165, 1.54) is 11.3 Å². The van der Waals surface area contributed by atoms with Gasteiger partial charge in [-0.25, -0.2) is 4.98 Å². The molecule has 0 saturated carbocycles. The lowest BCUT2D eigenvalue weighted by Crippen LogP contribution is -2.06. The lowest BCUT2D eigenvalue weighted by molar-refractivity contribution is 0.140. The van der Waals surface area contributed by atoms with Gasteiger partial charge in [-0.15, -0.1) is 0 Å². The Kier molecular flexibility index (Phi) is 5.44. The Morgan fingerprint density at radius 1 is 1.11 bits per heavy atom. The number of ether oxygens (including phenoxy) is 2. The summed E-state index contributed by atoms with van der Waals surface area (Å²) in [5, 5.41) is 0. The molecule has 0 aliphatic carbocycles. The summed E-state index contributed by atoms with van der Waals surface area (Å²) in [5.74, 6) is 1.93. The third-order valence-electron chi connectivity index (χ3n) is 5.19. The predicted molar refractivity (Wildman–Crippen MR) is 111 cm³/mol. The van der Waals surface area contributed by atoms with E-state index < -0.39 is 0 Å². The molecule has 3 heterocycles. The second-order valence-corrected chi connectivity index (χ2v) is 7.04. The molecular weight excluding hydrogens is 350 g/mol. The lowest BCUT2D eigenvalue weighted by atomic mass is 10.1. The number of aryl methyl sites for hydroxylation is 2. The van der Waals surface area contributed by atoms with Crippen LogP contribution in [0.25, 0.3) is 22.6 Å². The summed E-state index contributed by atoms with van der Waals surface area (Å²) in [6.45, 7) is 9.08. The molecule has 0 fully saturated rings. The third kappa shape index (κ3) is 3.54. The molecule has 3 aromatic rings. The number of nitrogens with zero attached hydrogens (tertiary/aromatic N) is 3. The summed E-state index contributed by atoms with van der Waals surface area (Å²) in [7, 11) is 0. The number of benzene rings is 1. The van der Waals surface area contributed by atoms with Gasteiger partial charge in [0.1, 0.15) is 11.6 Å². The summed E-state index contributed by atoms with van der Waals surface area (Å²) < 4.78 is 14.0. The first-order chi connectivity index (χ1) is 13.7. The van der Waals surface area contributed by atoms with E-state index in [1.807, 2.05) is 26.1 Å². The molecule has 0 N–H and O–H groups in total. The van der Waals surface area contributed by atoms with Crippen molar-refractivity contribution in [1.29, 1.82) is 0 Å². The van der Waals surface area contributed by atoms with Gasteiger partial charge in [0.2, 0.25) is 0 Å². The molecule has 2 aromatic heterocycles. The maximum Gasteiger partial charge on any atom is 0.141 e. The van der Waals surface area contributed by atoms with Gasteiger partial charge in [-0.3, -0.25) is 4.98 Å². The highest BCUT2D eigenvalue weighted by Crippen LogP contribution is 2.33. The quantitative estimate of drug-likeness (QED) is 0.659. The fraction of sp³-hybridized carbons (Fsp3) is 0.391. The Morgan fingerprint density at radius 3 is 2.79 bits per heavy atom. The van der Waals surface area contributed by atoms with Crippen molar-refractivity contribution in [1.82, 2.24) is 14.5 Å². The standard InChI is InChI=1S/C23H27N3O2/c1-4-17-6-7-19(15-21(17)28-5-2)23-25-22(18-8-10-24-16(3)14-18)20-9-12-27-13-11-26(20)23/h6-8,10,14-15H,4-5,9,11-13H2,1-3H3. The third-order valence-corrected chi connectivity index (χ3v) is 5.19. The highest BCUT2D eigenvalue weighted by molar-refractivity contribution is 5.69. The monoisotopic (exact) mass is 377 g/mol. The van der Waals surface area contributed by atoms with Crippen LogP contribution in [0.5, 0.6) is 5.75 Å². The molecule has 0 atom stereocenters. The molecule has 28 heavy (non-hydrogen) atoms. The smallest absolute Gasteiger partial charge is 0.141 e. The number of imidazole rings is 1. The van der Waals surface area contributed by atoms with Crippen LogP contribution in [0.15, 0.2) is 36.5 Å². The molecule has 0 radical (unpaired) electrons. The highest BCUT2D eigenvalue weighted by Gasteiger charge is 2.22. The Balaban J connectivity index is 1.87. The number of hydrogen-bond donors (Lipinski definition) is 0. The van der Waals surface area contributed by atoms with Gasteiger partial charge in [0.25, 0.3) is 0 Å². The minimum Gasteiger partial charge on any atom is -0.494 e. The molecule has 146 valence electrons. The normalized spacial score (nSPS) is 13.8. The van der Waals surface area contributed by atoms with Gasteiger partial charge >= 0.3 is 0 Å². The minimum absolute atomic E-state index is 0.658. The molecule has 4 rings (SSSR count). The zero-order chi connectivity index (χ0) is 19.5. The fourth-order valence-corrected chi connectivity index (χ4v) is 3.83. The summed E-state index contributed by atoms with van der Waals surface area (Å²) in [6, 6.07) is 10.6.